The van der Waals surface area contributed by atoms with Gasteiger partial charge in [0.05, 0.1) is 12.2 Å². The van der Waals surface area contributed by atoms with E-state index in [1.54, 1.807) is 0 Å². The molecule has 4 heteroatoms. The Labute approximate surface area is 116 Å². The molecule has 1 fully saturated rings. The van der Waals surface area contributed by atoms with Gasteiger partial charge >= 0.3 is 0 Å². The number of rotatable bonds is 5. The highest BCUT2D eigenvalue weighted by Crippen LogP contribution is 2.28. The number of hydrogen-bond donors (Lipinski definition) is 1. The Morgan fingerprint density at radius 2 is 1.83 bits per heavy atom. The van der Waals surface area contributed by atoms with Crippen LogP contribution in [0.5, 0.6) is 0 Å². The predicted octanol–water partition coefficient (Wildman–Crippen LogP) is 2.57. The van der Waals surface area contributed by atoms with Crippen LogP contribution in [0.3, 0.4) is 0 Å². The highest BCUT2D eigenvalue weighted by atomic mass is 32.2. The molecule has 0 aromatic heterocycles. The van der Waals surface area contributed by atoms with Gasteiger partial charge in [-0.05, 0) is 31.9 Å². The molecule has 1 saturated heterocycles. The number of nitrogens with one attached hydrogen (secondary N) is 1. The summed E-state index contributed by atoms with van der Waals surface area (Å²) in [5.74, 6) is 1.06. The van der Waals surface area contributed by atoms with Gasteiger partial charge in [-0.1, -0.05) is 27.7 Å². The van der Waals surface area contributed by atoms with Crippen LogP contribution in [0.25, 0.3) is 0 Å². The van der Waals surface area contributed by atoms with Crippen molar-refractivity contribution in [1.29, 1.82) is 0 Å². The maximum absolute atomic E-state index is 12.5. The number of amides is 1. The molecular formula is C14H28N2OS. The van der Waals surface area contributed by atoms with E-state index in [9.17, 15) is 4.79 Å². The first kappa shape index (κ1) is 15.8. The molecule has 18 heavy (non-hydrogen) atoms. The Morgan fingerprint density at radius 3 is 2.22 bits per heavy atom. The minimum absolute atomic E-state index is 0.0185. The summed E-state index contributed by atoms with van der Waals surface area (Å²) >= 11 is 1.82. The van der Waals surface area contributed by atoms with E-state index in [0.717, 1.165) is 6.54 Å². The van der Waals surface area contributed by atoms with Crippen molar-refractivity contribution in [3.63, 3.8) is 0 Å². The molecule has 1 heterocycles. The third-order valence-corrected chi connectivity index (χ3v) is 4.87. The lowest BCUT2D eigenvalue weighted by atomic mass is 10.0. The second-order valence-corrected chi connectivity index (χ2v) is 8.02. The molecule has 0 bridgehead atoms. The Bertz CT molecular complexity index is 302. The number of hydrogen-bond acceptors (Lipinski definition) is 3. The van der Waals surface area contributed by atoms with Crippen LogP contribution in [0.2, 0.25) is 0 Å². The molecule has 2 atom stereocenters. The van der Waals surface area contributed by atoms with Crippen LogP contribution in [0, 0.1) is 11.8 Å². The summed E-state index contributed by atoms with van der Waals surface area (Å²) in [6.45, 7) is 13.8. The molecule has 0 spiro atoms. The maximum atomic E-state index is 12.5. The van der Waals surface area contributed by atoms with Crippen LogP contribution in [0.1, 0.15) is 41.5 Å². The average Bonchev–Trinajstić information content (AvgIpc) is 2.56. The zero-order chi connectivity index (χ0) is 14.1. The number of carbonyl (C=O) groups is 1. The molecule has 0 radical (unpaired) electrons. The lowest BCUT2D eigenvalue weighted by Gasteiger charge is -2.34. The van der Waals surface area contributed by atoms with Gasteiger partial charge in [0.25, 0.3) is 0 Å². The van der Waals surface area contributed by atoms with Gasteiger partial charge in [0.2, 0.25) is 5.91 Å². The quantitative estimate of drug-likeness (QED) is 0.835. The van der Waals surface area contributed by atoms with Gasteiger partial charge in [-0.15, -0.1) is 0 Å². The van der Waals surface area contributed by atoms with Crippen LogP contribution >= 0.6 is 11.8 Å². The summed E-state index contributed by atoms with van der Waals surface area (Å²) in [5, 5.41) is 3.50. The molecule has 1 aliphatic rings. The fourth-order valence-electron chi connectivity index (χ4n) is 2.34. The molecule has 1 aliphatic heterocycles. The van der Waals surface area contributed by atoms with E-state index < -0.39 is 0 Å². The monoisotopic (exact) mass is 272 g/mol. The first-order chi connectivity index (χ1) is 8.19. The van der Waals surface area contributed by atoms with E-state index in [0.29, 0.717) is 11.8 Å². The summed E-state index contributed by atoms with van der Waals surface area (Å²) in [6, 6.07) is -0.0185. The molecule has 0 aromatic rings. The molecule has 3 nitrogen and oxygen atoms in total. The minimum Gasteiger partial charge on any atom is -0.324 e. The van der Waals surface area contributed by atoms with Crippen LogP contribution in [-0.2, 0) is 4.79 Å². The highest BCUT2D eigenvalue weighted by molar-refractivity contribution is 7.99. The van der Waals surface area contributed by atoms with Crippen molar-refractivity contribution >= 4 is 17.7 Å². The number of nitrogens with zero attached hydrogens (tertiary/aromatic N) is 1. The second-order valence-electron chi connectivity index (χ2n) is 6.51. The summed E-state index contributed by atoms with van der Waals surface area (Å²) in [4.78, 5) is 14.6. The zero-order valence-electron chi connectivity index (χ0n) is 12.8. The SMILES string of the molecule is CSC(C)(C)CN1C(=O)C(C(C)C)NC1C(C)C. The van der Waals surface area contributed by atoms with Gasteiger partial charge in [-0.25, -0.2) is 0 Å². The summed E-state index contributed by atoms with van der Waals surface area (Å²) in [6.07, 6.45) is 2.29. The molecule has 2 unspecified atom stereocenters. The van der Waals surface area contributed by atoms with E-state index >= 15 is 0 Å². The molecule has 106 valence electrons. The lowest BCUT2D eigenvalue weighted by molar-refractivity contribution is -0.131. The van der Waals surface area contributed by atoms with Crippen molar-refractivity contribution in [1.82, 2.24) is 10.2 Å². The smallest absolute Gasteiger partial charge is 0.241 e. The van der Waals surface area contributed by atoms with Crippen LogP contribution in [-0.4, -0.2) is 40.6 Å². The third-order valence-electron chi connectivity index (χ3n) is 3.64. The third kappa shape index (κ3) is 3.41. The Hall–Kier alpha value is -0.220. The van der Waals surface area contributed by atoms with Crippen LogP contribution in [0.4, 0.5) is 0 Å². The number of carbonyl (C=O) groups excluding carboxylic acids is 1. The van der Waals surface area contributed by atoms with E-state index in [2.05, 4.69) is 53.1 Å². The first-order valence-corrected chi connectivity index (χ1v) is 8.03. The van der Waals surface area contributed by atoms with Gasteiger partial charge in [0.15, 0.2) is 0 Å². The largest absolute Gasteiger partial charge is 0.324 e. The van der Waals surface area contributed by atoms with E-state index in [1.165, 1.54) is 0 Å². The minimum atomic E-state index is -0.0185. The molecule has 1 N–H and O–H groups in total. The normalized spacial score (nSPS) is 25.6. The van der Waals surface area contributed by atoms with Gasteiger partial charge in [0, 0.05) is 11.3 Å². The average molecular weight is 272 g/mol. The van der Waals surface area contributed by atoms with E-state index in [-0.39, 0.29) is 22.9 Å². The summed E-state index contributed by atoms with van der Waals surface area (Å²) < 4.78 is 0.107. The van der Waals surface area contributed by atoms with Crippen molar-refractivity contribution in [3.05, 3.63) is 0 Å². The lowest BCUT2D eigenvalue weighted by Crippen LogP contribution is -2.46. The van der Waals surface area contributed by atoms with Crippen LogP contribution in [0.15, 0.2) is 0 Å². The Kier molecular flexibility index (Phi) is 5.13. The fraction of sp³-hybridized carbons (Fsp3) is 0.929. The van der Waals surface area contributed by atoms with E-state index in [1.807, 2.05) is 16.7 Å². The van der Waals surface area contributed by atoms with Gasteiger partial charge < -0.3 is 4.90 Å². The zero-order valence-corrected chi connectivity index (χ0v) is 13.6. The summed E-state index contributed by atoms with van der Waals surface area (Å²) in [7, 11) is 0. The standard InChI is InChI=1S/C14H28N2OS/c1-9(2)11-13(17)16(8-14(5,6)18-7)12(15-11)10(3)4/h9-12,15H,8H2,1-7H3. The van der Waals surface area contributed by atoms with Crippen molar-refractivity contribution in [2.45, 2.75) is 58.5 Å². The van der Waals surface area contributed by atoms with Gasteiger partial charge in [-0.2, -0.15) is 11.8 Å². The topological polar surface area (TPSA) is 32.3 Å². The predicted molar refractivity (Wildman–Crippen MR) is 79.7 cm³/mol. The summed E-state index contributed by atoms with van der Waals surface area (Å²) in [5.41, 5.74) is 0. The first-order valence-electron chi connectivity index (χ1n) is 6.81. The molecule has 0 aliphatic carbocycles. The van der Waals surface area contributed by atoms with Gasteiger partial charge in [0.1, 0.15) is 0 Å². The van der Waals surface area contributed by atoms with Gasteiger partial charge in [-0.3, -0.25) is 10.1 Å². The van der Waals surface area contributed by atoms with Crippen molar-refractivity contribution in [2.24, 2.45) is 11.8 Å². The molecule has 0 aromatic carbocycles. The maximum Gasteiger partial charge on any atom is 0.241 e. The van der Waals surface area contributed by atoms with Crippen LogP contribution < -0.4 is 5.32 Å². The van der Waals surface area contributed by atoms with Crippen molar-refractivity contribution in [3.8, 4) is 0 Å². The fourth-order valence-corrected chi connectivity index (χ4v) is 2.61. The molecule has 1 rings (SSSR count). The van der Waals surface area contributed by atoms with Crippen molar-refractivity contribution in [2.75, 3.05) is 12.8 Å². The molecule has 1 amide bonds. The highest BCUT2D eigenvalue weighted by Gasteiger charge is 2.43. The molecule has 0 saturated carbocycles. The van der Waals surface area contributed by atoms with E-state index in [4.69, 9.17) is 0 Å². The number of thioether (sulfide) groups is 1. The molecular weight excluding hydrogens is 244 g/mol. The second kappa shape index (κ2) is 5.83. The Balaban J connectivity index is 2.88. The van der Waals surface area contributed by atoms with Crippen molar-refractivity contribution < 1.29 is 4.79 Å². The Morgan fingerprint density at radius 1 is 1.28 bits per heavy atom.